The molecule has 2 heterocycles. The van der Waals surface area contributed by atoms with Gasteiger partial charge in [0.15, 0.2) is 0 Å². The van der Waals surface area contributed by atoms with E-state index in [0.717, 1.165) is 54.8 Å². The smallest absolute Gasteiger partial charge is 0.319 e. The molecule has 4 rings (SSSR count). The van der Waals surface area contributed by atoms with E-state index < -0.39 is 0 Å². The van der Waals surface area contributed by atoms with E-state index in [1.54, 1.807) is 0 Å². The Morgan fingerprint density at radius 3 is 2.73 bits per heavy atom. The Bertz CT molecular complexity index is 1100. The molecular weight excluding hydrogens is 414 g/mol. The predicted octanol–water partition coefficient (Wildman–Crippen LogP) is 3.49. The molecule has 0 radical (unpaired) electrons. The summed E-state index contributed by atoms with van der Waals surface area (Å²) < 4.78 is 0. The molecule has 1 aliphatic rings. The molecule has 1 aromatic heterocycles. The van der Waals surface area contributed by atoms with Crippen molar-refractivity contribution in [3.8, 4) is 0 Å². The van der Waals surface area contributed by atoms with Gasteiger partial charge in [0, 0.05) is 49.7 Å². The first kappa shape index (κ1) is 22.7. The van der Waals surface area contributed by atoms with E-state index in [-0.39, 0.29) is 18.0 Å². The summed E-state index contributed by atoms with van der Waals surface area (Å²) in [7, 11) is 0. The second kappa shape index (κ2) is 10.9. The van der Waals surface area contributed by atoms with Gasteiger partial charge in [-0.15, -0.1) is 0 Å². The van der Waals surface area contributed by atoms with Crippen molar-refractivity contribution in [1.82, 2.24) is 20.5 Å². The Morgan fingerprint density at radius 2 is 1.88 bits per heavy atom. The fourth-order valence-corrected chi connectivity index (χ4v) is 4.26. The molecule has 3 aromatic rings. The van der Waals surface area contributed by atoms with Gasteiger partial charge >= 0.3 is 6.03 Å². The lowest BCUT2D eigenvalue weighted by Crippen LogP contribution is -2.39. The maximum atomic E-state index is 12.4. The first-order valence-corrected chi connectivity index (χ1v) is 11.5. The lowest BCUT2D eigenvalue weighted by atomic mass is 10.1. The summed E-state index contributed by atoms with van der Waals surface area (Å²) in [6.07, 6.45) is 2.20. The van der Waals surface area contributed by atoms with Crippen LogP contribution < -0.4 is 16.0 Å². The standard InChI is InChI=1S/C26H31N5O2/c1-19-17-24(22-9-5-6-10-23(22)28-19)30-26(33)27-14-16-31-15-13-21(18-31)29-25(32)12-11-20-7-3-2-4-8-20/h2-10,17,21H,11-16,18H2,1H3,(H,29,32)(H2,27,28,30,33). The quantitative estimate of drug-likeness (QED) is 0.495. The molecule has 33 heavy (non-hydrogen) atoms. The summed E-state index contributed by atoms with van der Waals surface area (Å²) in [5, 5.41) is 9.95. The van der Waals surface area contributed by atoms with Gasteiger partial charge in [-0.3, -0.25) is 14.7 Å². The van der Waals surface area contributed by atoms with E-state index in [1.165, 1.54) is 5.56 Å². The number of rotatable bonds is 8. The molecule has 7 heteroatoms. The highest BCUT2D eigenvalue weighted by atomic mass is 16.2. The number of urea groups is 1. The number of carbonyl (C=O) groups is 2. The number of nitrogens with one attached hydrogen (secondary N) is 3. The SMILES string of the molecule is Cc1cc(NC(=O)NCCN2CCC(NC(=O)CCc3ccccc3)C2)c2ccccc2n1. The monoisotopic (exact) mass is 445 g/mol. The lowest BCUT2D eigenvalue weighted by molar-refractivity contribution is -0.121. The van der Waals surface area contributed by atoms with Gasteiger partial charge in [-0.05, 0) is 37.5 Å². The number of carbonyl (C=O) groups excluding carboxylic acids is 2. The number of aromatic nitrogens is 1. The van der Waals surface area contributed by atoms with Gasteiger partial charge < -0.3 is 16.0 Å². The van der Waals surface area contributed by atoms with Gasteiger partial charge in [-0.25, -0.2) is 4.79 Å². The molecule has 3 N–H and O–H groups in total. The van der Waals surface area contributed by atoms with Gasteiger partial charge in [0.25, 0.3) is 0 Å². The van der Waals surface area contributed by atoms with Crippen LogP contribution in [0.25, 0.3) is 10.9 Å². The first-order valence-electron chi connectivity index (χ1n) is 11.5. The molecule has 1 unspecified atom stereocenters. The van der Waals surface area contributed by atoms with Crippen LogP contribution in [-0.2, 0) is 11.2 Å². The van der Waals surface area contributed by atoms with Crippen molar-refractivity contribution in [2.75, 3.05) is 31.5 Å². The highest BCUT2D eigenvalue weighted by Gasteiger charge is 2.23. The summed E-state index contributed by atoms with van der Waals surface area (Å²) in [5.41, 5.74) is 3.66. The van der Waals surface area contributed by atoms with Gasteiger partial charge in [-0.2, -0.15) is 0 Å². The largest absolute Gasteiger partial charge is 0.352 e. The number of pyridine rings is 1. The predicted molar refractivity (Wildman–Crippen MR) is 131 cm³/mol. The number of hydrogen-bond acceptors (Lipinski definition) is 4. The second-order valence-electron chi connectivity index (χ2n) is 8.55. The van der Waals surface area contributed by atoms with Gasteiger partial charge in [0.2, 0.25) is 5.91 Å². The molecule has 0 bridgehead atoms. The van der Waals surface area contributed by atoms with Gasteiger partial charge in [-0.1, -0.05) is 48.5 Å². The van der Waals surface area contributed by atoms with Crippen LogP contribution in [0.4, 0.5) is 10.5 Å². The molecule has 172 valence electrons. The minimum atomic E-state index is -0.226. The van der Waals surface area contributed by atoms with Gasteiger partial charge in [0.1, 0.15) is 0 Å². The molecule has 1 fully saturated rings. The number of likely N-dealkylation sites (tertiary alicyclic amines) is 1. The zero-order chi connectivity index (χ0) is 23.0. The van der Waals surface area contributed by atoms with Crippen molar-refractivity contribution >= 4 is 28.5 Å². The minimum absolute atomic E-state index is 0.100. The maximum Gasteiger partial charge on any atom is 0.319 e. The molecule has 1 atom stereocenters. The van der Waals surface area contributed by atoms with E-state index >= 15 is 0 Å². The summed E-state index contributed by atoms with van der Waals surface area (Å²) in [4.78, 5) is 31.5. The van der Waals surface area contributed by atoms with E-state index in [2.05, 4.69) is 25.8 Å². The van der Waals surface area contributed by atoms with Crippen molar-refractivity contribution < 1.29 is 9.59 Å². The van der Waals surface area contributed by atoms with Crippen LogP contribution in [0.2, 0.25) is 0 Å². The maximum absolute atomic E-state index is 12.4. The number of amides is 3. The highest BCUT2D eigenvalue weighted by Crippen LogP contribution is 2.22. The minimum Gasteiger partial charge on any atom is -0.352 e. The molecule has 0 saturated carbocycles. The molecule has 0 aliphatic carbocycles. The molecule has 7 nitrogen and oxygen atoms in total. The van der Waals surface area contributed by atoms with E-state index in [9.17, 15) is 9.59 Å². The second-order valence-corrected chi connectivity index (χ2v) is 8.55. The Hall–Kier alpha value is -3.45. The number of benzene rings is 2. The van der Waals surface area contributed by atoms with Crippen LogP contribution in [0, 0.1) is 6.92 Å². The number of fused-ring (bicyclic) bond motifs is 1. The summed E-state index contributed by atoms with van der Waals surface area (Å²) in [6.45, 7) is 4.94. The topological polar surface area (TPSA) is 86.4 Å². The molecule has 1 aliphatic heterocycles. The van der Waals surface area contributed by atoms with Crippen molar-refractivity contribution in [1.29, 1.82) is 0 Å². The Labute approximate surface area is 194 Å². The third-order valence-corrected chi connectivity index (χ3v) is 5.93. The highest BCUT2D eigenvalue weighted by molar-refractivity contribution is 6.00. The van der Waals surface area contributed by atoms with Crippen LogP contribution in [0.3, 0.4) is 0 Å². The number of anilines is 1. The average Bonchev–Trinajstić information content (AvgIpc) is 3.25. The van der Waals surface area contributed by atoms with Crippen LogP contribution in [0.5, 0.6) is 0 Å². The lowest BCUT2D eigenvalue weighted by Gasteiger charge is -2.17. The number of para-hydroxylation sites is 1. The third kappa shape index (κ3) is 6.52. The van der Waals surface area contributed by atoms with E-state index in [4.69, 9.17) is 0 Å². The van der Waals surface area contributed by atoms with E-state index in [0.29, 0.717) is 13.0 Å². The van der Waals surface area contributed by atoms with Crippen molar-refractivity contribution in [3.63, 3.8) is 0 Å². The Kier molecular flexibility index (Phi) is 7.52. The normalized spacial score (nSPS) is 16.0. The number of nitrogens with zero attached hydrogens (tertiary/aromatic N) is 2. The fourth-order valence-electron chi connectivity index (χ4n) is 4.26. The third-order valence-electron chi connectivity index (χ3n) is 5.93. The molecule has 1 saturated heterocycles. The molecular formula is C26H31N5O2. The van der Waals surface area contributed by atoms with Gasteiger partial charge in [0.05, 0.1) is 11.2 Å². The molecule has 2 aromatic carbocycles. The average molecular weight is 446 g/mol. The molecule has 0 spiro atoms. The van der Waals surface area contributed by atoms with Crippen molar-refractivity contribution in [2.45, 2.75) is 32.2 Å². The molecule has 3 amide bonds. The van der Waals surface area contributed by atoms with Crippen LogP contribution in [0.15, 0.2) is 60.7 Å². The van der Waals surface area contributed by atoms with Crippen molar-refractivity contribution in [3.05, 3.63) is 71.9 Å². The van der Waals surface area contributed by atoms with Crippen molar-refractivity contribution in [2.24, 2.45) is 0 Å². The number of hydrogen-bond donors (Lipinski definition) is 3. The summed E-state index contributed by atoms with van der Waals surface area (Å²) in [6, 6.07) is 19.7. The van der Waals surface area contributed by atoms with Crippen LogP contribution in [-0.4, -0.2) is 54.0 Å². The zero-order valence-electron chi connectivity index (χ0n) is 19.0. The van der Waals surface area contributed by atoms with Crippen LogP contribution >= 0.6 is 0 Å². The van der Waals surface area contributed by atoms with Crippen LogP contribution in [0.1, 0.15) is 24.1 Å². The Balaban J connectivity index is 1.16. The summed E-state index contributed by atoms with van der Waals surface area (Å²) in [5.74, 6) is 0.100. The zero-order valence-corrected chi connectivity index (χ0v) is 19.0. The fraction of sp³-hybridized carbons (Fsp3) is 0.346. The Morgan fingerprint density at radius 1 is 1.09 bits per heavy atom. The summed E-state index contributed by atoms with van der Waals surface area (Å²) >= 11 is 0. The number of aryl methyl sites for hydroxylation is 2. The van der Waals surface area contributed by atoms with E-state index in [1.807, 2.05) is 67.6 Å². The first-order chi connectivity index (χ1) is 16.1.